The van der Waals surface area contributed by atoms with E-state index in [0.717, 1.165) is 12.8 Å². The molecule has 0 heteroatoms. The Kier molecular flexibility index (Phi) is 20.3. The maximum atomic E-state index is 2.28. The maximum absolute atomic E-state index is 2.28. The lowest BCUT2D eigenvalue weighted by atomic mass is 10.1. The summed E-state index contributed by atoms with van der Waals surface area (Å²) in [5, 5.41) is 0. The first-order valence-corrected chi connectivity index (χ1v) is 3.94. The van der Waals surface area contributed by atoms with Gasteiger partial charge in [0.25, 0.3) is 0 Å². The molecule has 0 bridgehead atoms. The van der Waals surface area contributed by atoms with Gasteiger partial charge in [-0.1, -0.05) is 67.8 Å². The van der Waals surface area contributed by atoms with Crippen LogP contribution in [0.1, 0.15) is 54.7 Å². The molecule has 0 radical (unpaired) electrons. The highest BCUT2D eigenvalue weighted by Gasteiger charge is 1.89. The Bertz CT molecular complexity index is 182. The van der Waals surface area contributed by atoms with Crippen LogP contribution in [0.4, 0.5) is 0 Å². The predicted octanol–water partition coefficient (Wildman–Crippen LogP) is 5.36. The quantitative estimate of drug-likeness (QED) is 0.600. The molecule has 14 heavy (non-hydrogen) atoms. The van der Waals surface area contributed by atoms with Crippen LogP contribution in [0.2, 0.25) is 0 Å². The van der Waals surface area contributed by atoms with Crippen molar-refractivity contribution in [3.63, 3.8) is 0 Å². The standard InChI is InChI=1S/C10H14.4CH4/c1-3-9-6-5-7-10(4-2)8-9;;;;/h5-8H,3-4H2,1-2H3;4*1H4. The van der Waals surface area contributed by atoms with Gasteiger partial charge in [0.05, 0.1) is 0 Å². The van der Waals surface area contributed by atoms with Crippen LogP contribution in [-0.2, 0) is 12.8 Å². The molecule has 0 saturated carbocycles. The molecule has 1 aromatic carbocycles. The molecule has 0 aliphatic rings. The highest BCUT2D eigenvalue weighted by molar-refractivity contribution is 5.23. The highest BCUT2D eigenvalue weighted by atomic mass is 13.9. The lowest BCUT2D eigenvalue weighted by Gasteiger charge is -1.98. The van der Waals surface area contributed by atoms with Crippen LogP contribution >= 0.6 is 0 Å². The van der Waals surface area contributed by atoms with E-state index in [-0.39, 0.29) is 29.7 Å². The van der Waals surface area contributed by atoms with Gasteiger partial charge >= 0.3 is 0 Å². The minimum absolute atomic E-state index is 0. The second-order valence-electron chi connectivity index (χ2n) is 2.53. The van der Waals surface area contributed by atoms with Crippen LogP contribution in [0.5, 0.6) is 0 Å². The Labute approximate surface area is 92.4 Å². The van der Waals surface area contributed by atoms with Gasteiger partial charge in [-0.05, 0) is 24.0 Å². The molecule has 0 amide bonds. The number of aryl methyl sites for hydroxylation is 2. The highest BCUT2D eigenvalue weighted by Crippen LogP contribution is 2.05. The zero-order chi connectivity index (χ0) is 7.40. The van der Waals surface area contributed by atoms with Crippen molar-refractivity contribution in [2.45, 2.75) is 56.4 Å². The largest absolute Gasteiger partial charge is 0.0776 e. The fourth-order valence-electron chi connectivity index (χ4n) is 1.07. The van der Waals surface area contributed by atoms with Crippen LogP contribution in [0.15, 0.2) is 24.3 Å². The average Bonchev–Trinajstić information content (AvgIpc) is 2.05. The number of hydrogen-bond acceptors (Lipinski definition) is 0. The van der Waals surface area contributed by atoms with Gasteiger partial charge in [0.2, 0.25) is 0 Å². The van der Waals surface area contributed by atoms with Crippen molar-refractivity contribution in [3.05, 3.63) is 35.4 Å². The first kappa shape index (κ1) is 23.2. The first-order valence-electron chi connectivity index (χ1n) is 3.94. The summed E-state index contributed by atoms with van der Waals surface area (Å²) in [6, 6.07) is 8.77. The van der Waals surface area contributed by atoms with E-state index < -0.39 is 0 Å². The van der Waals surface area contributed by atoms with E-state index in [9.17, 15) is 0 Å². The Morgan fingerprint density at radius 3 is 1.43 bits per heavy atom. The normalized spacial score (nSPS) is 7.00. The summed E-state index contributed by atoms with van der Waals surface area (Å²) in [5.74, 6) is 0. The number of hydrogen-bond donors (Lipinski definition) is 0. The van der Waals surface area contributed by atoms with Crippen LogP contribution in [0.25, 0.3) is 0 Å². The molecular weight excluding hydrogens is 168 g/mol. The molecule has 0 aliphatic carbocycles. The molecule has 0 spiro atoms. The third-order valence-corrected chi connectivity index (χ3v) is 1.81. The summed E-state index contributed by atoms with van der Waals surface area (Å²) in [5.41, 5.74) is 2.89. The van der Waals surface area contributed by atoms with Gasteiger partial charge in [-0.2, -0.15) is 0 Å². The van der Waals surface area contributed by atoms with Crippen molar-refractivity contribution >= 4 is 0 Å². The van der Waals surface area contributed by atoms with E-state index in [4.69, 9.17) is 0 Å². The van der Waals surface area contributed by atoms with Crippen molar-refractivity contribution in [1.82, 2.24) is 0 Å². The number of benzene rings is 1. The summed E-state index contributed by atoms with van der Waals surface area (Å²) in [4.78, 5) is 0. The first-order chi connectivity index (χ1) is 4.86. The number of rotatable bonds is 2. The minimum atomic E-state index is 0. The van der Waals surface area contributed by atoms with Crippen LogP contribution in [0, 0.1) is 0 Å². The Morgan fingerprint density at radius 2 is 1.14 bits per heavy atom. The van der Waals surface area contributed by atoms with E-state index in [1.54, 1.807) is 0 Å². The molecule has 0 atom stereocenters. The van der Waals surface area contributed by atoms with E-state index in [0.29, 0.717) is 0 Å². The molecule has 86 valence electrons. The van der Waals surface area contributed by atoms with Gasteiger partial charge < -0.3 is 0 Å². The Balaban J connectivity index is -0.000000125. The summed E-state index contributed by atoms with van der Waals surface area (Å²) >= 11 is 0. The fraction of sp³-hybridized carbons (Fsp3) is 0.571. The SMILES string of the molecule is C.C.C.C.CCc1cccc(CC)c1. The minimum Gasteiger partial charge on any atom is -0.0776 e. The van der Waals surface area contributed by atoms with Gasteiger partial charge in [0.15, 0.2) is 0 Å². The molecule has 0 aliphatic heterocycles. The van der Waals surface area contributed by atoms with Crippen LogP contribution < -0.4 is 0 Å². The molecule has 0 fully saturated rings. The molecular formula is C14H30. The summed E-state index contributed by atoms with van der Waals surface area (Å²) in [6.45, 7) is 4.38. The van der Waals surface area contributed by atoms with Gasteiger partial charge in [-0.3, -0.25) is 0 Å². The molecule has 0 unspecified atom stereocenters. The zero-order valence-corrected chi connectivity index (χ0v) is 6.72. The van der Waals surface area contributed by atoms with Crippen molar-refractivity contribution < 1.29 is 0 Å². The molecule has 0 N–H and O–H groups in total. The Morgan fingerprint density at radius 1 is 0.786 bits per heavy atom. The van der Waals surface area contributed by atoms with Gasteiger partial charge in [0, 0.05) is 0 Å². The molecule has 0 saturated heterocycles. The molecule has 0 nitrogen and oxygen atoms in total. The molecule has 1 aromatic rings. The zero-order valence-electron chi connectivity index (χ0n) is 6.72. The summed E-state index contributed by atoms with van der Waals surface area (Å²) in [7, 11) is 0. The van der Waals surface area contributed by atoms with Crippen LogP contribution in [0.3, 0.4) is 0 Å². The van der Waals surface area contributed by atoms with E-state index >= 15 is 0 Å². The van der Waals surface area contributed by atoms with E-state index in [2.05, 4.69) is 38.1 Å². The monoisotopic (exact) mass is 198 g/mol. The van der Waals surface area contributed by atoms with Gasteiger partial charge in [-0.25, -0.2) is 0 Å². The van der Waals surface area contributed by atoms with Crippen molar-refractivity contribution in [1.29, 1.82) is 0 Å². The molecule has 1 rings (SSSR count). The second-order valence-corrected chi connectivity index (χ2v) is 2.53. The third-order valence-electron chi connectivity index (χ3n) is 1.81. The predicted molar refractivity (Wildman–Crippen MR) is 72.1 cm³/mol. The van der Waals surface area contributed by atoms with Crippen LogP contribution in [-0.4, -0.2) is 0 Å². The van der Waals surface area contributed by atoms with E-state index in [1.165, 1.54) is 11.1 Å². The Hall–Kier alpha value is -0.780. The summed E-state index contributed by atoms with van der Waals surface area (Å²) < 4.78 is 0. The second kappa shape index (κ2) is 12.2. The topological polar surface area (TPSA) is 0 Å². The smallest absolute Gasteiger partial charge is 0.0307 e. The molecule has 0 heterocycles. The lowest BCUT2D eigenvalue weighted by Crippen LogP contribution is -1.83. The summed E-state index contributed by atoms with van der Waals surface area (Å²) in [6.07, 6.45) is 2.29. The maximum Gasteiger partial charge on any atom is -0.0307 e. The third kappa shape index (κ3) is 6.71. The molecule has 0 aromatic heterocycles. The van der Waals surface area contributed by atoms with E-state index in [1.807, 2.05) is 0 Å². The van der Waals surface area contributed by atoms with Gasteiger partial charge in [0.1, 0.15) is 0 Å². The van der Waals surface area contributed by atoms with Crippen molar-refractivity contribution in [3.8, 4) is 0 Å². The lowest BCUT2D eigenvalue weighted by molar-refractivity contribution is 1.09. The fourth-order valence-corrected chi connectivity index (χ4v) is 1.07. The van der Waals surface area contributed by atoms with Gasteiger partial charge in [-0.15, -0.1) is 0 Å². The van der Waals surface area contributed by atoms with Crippen molar-refractivity contribution in [2.24, 2.45) is 0 Å². The van der Waals surface area contributed by atoms with Crippen molar-refractivity contribution in [2.75, 3.05) is 0 Å². The average molecular weight is 198 g/mol.